The summed E-state index contributed by atoms with van der Waals surface area (Å²) in [6, 6.07) is 24.6. The van der Waals surface area contributed by atoms with E-state index in [1.54, 1.807) is 7.11 Å². The van der Waals surface area contributed by atoms with Crippen LogP contribution in [0.4, 0.5) is 0 Å². The largest absolute Gasteiger partial charge is 0.493 e. The first-order chi connectivity index (χ1) is 18.5. The van der Waals surface area contributed by atoms with E-state index in [1.807, 2.05) is 36.4 Å². The van der Waals surface area contributed by atoms with E-state index in [9.17, 15) is 0 Å². The van der Waals surface area contributed by atoms with Crippen molar-refractivity contribution >= 4 is 10.8 Å². The van der Waals surface area contributed by atoms with Crippen LogP contribution in [0.5, 0.6) is 17.2 Å². The Kier molecular flexibility index (Phi) is 7.87. The smallest absolute Gasteiger partial charge is 0.165 e. The molecule has 0 spiro atoms. The lowest BCUT2D eigenvalue weighted by atomic mass is 9.87. The van der Waals surface area contributed by atoms with E-state index in [0.717, 1.165) is 75.1 Å². The number of hydrogen-bond acceptors (Lipinski definition) is 5. The summed E-state index contributed by atoms with van der Waals surface area (Å²) >= 11 is 0. The molecule has 5 nitrogen and oxygen atoms in total. The molecule has 198 valence electrons. The maximum atomic E-state index is 6.42. The average molecular weight is 513 g/mol. The van der Waals surface area contributed by atoms with Crippen LogP contribution in [-0.4, -0.2) is 19.3 Å². The molecule has 1 aliphatic heterocycles. The highest BCUT2D eigenvalue weighted by Gasteiger charge is 2.36. The topological polar surface area (TPSA) is 46.2 Å². The van der Waals surface area contributed by atoms with Crippen molar-refractivity contribution < 1.29 is 24.0 Å². The quantitative estimate of drug-likeness (QED) is 0.116. The van der Waals surface area contributed by atoms with Crippen LogP contribution in [0.2, 0.25) is 0 Å². The van der Waals surface area contributed by atoms with Crippen LogP contribution in [0.1, 0.15) is 50.3 Å². The molecule has 0 N–H and O–H groups in total. The van der Waals surface area contributed by atoms with Crippen molar-refractivity contribution in [3.8, 4) is 28.4 Å². The molecule has 0 saturated heterocycles. The lowest BCUT2D eigenvalue weighted by Crippen LogP contribution is -2.24. The highest BCUT2D eigenvalue weighted by Crippen LogP contribution is 2.51. The zero-order valence-corrected chi connectivity index (χ0v) is 22.7. The van der Waals surface area contributed by atoms with Crippen molar-refractivity contribution in [3.63, 3.8) is 0 Å². The van der Waals surface area contributed by atoms with E-state index in [2.05, 4.69) is 57.2 Å². The van der Waals surface area contributed by atoms with Crippen molar-refractivity contribution in [2.24, 2.45) is 0 Å². The molecule has 0 fully saturated rings. The molecule has 38 heavy (non-hydrogen) atoms. The third-order valence-corrected chi connectivity index (χ3v) is 6.87. The standard InChI is InChI=1S/C33H36O5/c1-5-6-17-35-28-18-25(22-37-36-21-23-13-9-7-10-14-23)30(24-15-11-8-12-16-24)31-26(28)19-29(34-4)32-27(31)20-33(2,3)38-32/h7-16,18-19H,5-6,17,20-22H2,1-4H3. The van der Waals surface area contributed by atoms with Gasteiger partial charge in [0.2, 0.25) is 0 Å². The molecule has 1 aliphatic rings. The molecule has 5 rings (SSSR count). The SMILES string of the molecule is CCCCOc1cc(COOCc2ccccc2)c(-c2ccccc2)c2c3c(c(OC)cc12)OC(C)(C)C3. The lowest BCUT2D eigenvalue weighted by Gasteiger charge is -2.20. The summed E-state index contributed by atoms with van der Waals surface area (Å²) in [5.41, 5.74) is 5.06. The number of ether oxygens (including phenoxy) is 3. The molecule has 0 bridgehead atoms. The van der Waals surface area contributed by atoms with Gasteiger partial charge in [-0.3, -0.25) is 0 Å². The second kappa shape index (κ2) is 11.5. The van der Waals surface area contributed by atoms with Gasteiger partial charge >= 0.3 is 0 Å². The van der Waals surface area contributed by atoms with Gasteiger partial charge in [0, 0.05) is 22.8 Å². The fraction of sp³-hybridized carbons (Fsp3) is 0.333. The molecule has 4 aromatic rings. The number of fused-ring (bicyclic) bond motifs is 3. The summed E-state index contributed by atoms with van der Waals surface area (Å²) < 4.78 is 18.6. The Morgan fingerprint density at radius 2 is 1.58 bits per heavy atom. The zero-order valence-electron chi connectivity index (χ0n) is 22.7. The molecule has 0 aliphatic carbocycles. The molecule has 4 aromatic carbocycles. The van der Waals surface area contributed by atoms with Crippen LogP contribution in [0.15, 0.2) is 72.8 Å². The zero-order chi connectivity index (χ0) is 26.5. The predicted molar refractivity (Wildman–Crippen MR) is 151 cm³/mol. The van der Waals surface area contributed by atoms with Gasteiger partial charge in [-0.05, 0) is 54.7 Å². The van der Waals surface area contributed by atoms with Gasteiger partial charge < -0.3 is 14.2 Å². The molecular formula is C33H36O5. The summed E-state index contributed by atoms with van der Waals surface area (Å²) in [6.45, 7) is 7.69. The molecule has 0 unspecified atom stereocenters. The summed E-state index contributed by atoms with van der Waals surface area (Å²) in [4.78, 5) is 11.5. The number of hydrogen-bond donors (Lipinski definition) is 0. The predicted octanol–water partition coefficient (Wildman–Crippen LogP) is 8.06. The number of benzene rings is 4. The van der Waals surface area contributed by atoms with Crippen LogP contribution in [0.25, 0.3) is 21.9 Å². The minimum Gasteiger partial charge on any atom is -0.493 e. The van der Waals surface area contributed by atoms with E-state index in [-0.39, 0.29) is 12.2 Å². The fourth-order valence-electron chi connectivity index (χ4n) is 5.10. The Bertz CT molecular complexity index is 1380. The van der Waals surface area contributed by atoms with Crippen molar-refractivity contribution in [2.75, 3.05) is 13.7 Å². The second-order valence-corrected chi connectivity index (χ2v) is 10.3. The first-order valence-electron chi connectivity index (χ1n) is 13.4. The first-order valence-corrected chi connectivity index (χ1v) is 13.4. The Balaban J connectivity index is 1.64. The highest BCUT2D eigenvalue weighted by atomic mass is 17.2. The third-order valence-electron chi connectivity index (χ3n) is 6.87. The van der Waals surface area contributed by atoms with Gasteiger partial charge in [-0.2, -0.15) is 0 Å². The van der Waals surface area contributed by atoms with Gasteiger partial charge in [0.15, 0.2) is 11.5 Å². The van der Waals surface area contributed by atoms with Crippen LogP contribution in [-0.2, 0) is 29.4 Å². The monoisotopic (exact) mass is 512 g/mol. The number of methoxy groups -OCH3 is 1. The van der Waals surface area contributed by atoms with Gasteiger partial charge in [-0.25, -0.2) is 9.78 Å². The molecule has 0 radical (unpaired) electrons. The second-order valence-electron chi connectivity index (χ2n) is 10.3. The maximum absolute atomic E-state index is 6.42. The Labute approximate surface area is 225 Å². The first kappa shape index (κ1) is 26.1. The number of unbranched alkanes of at least 4 members (excludes halogenated alkanes) is 1. The van der Waals surface area contributed by atoms with Crippen molar-refractivity contribution in [2.45, 2.75) is 58.8 Å². The third kappa shape index (κ3) is 5.50. The van der Waals surface area contributed by atoms with Crippen molar-refractivity contribution in [3.05, 3.63) is 89.5 Å². The minimum atomic E-state index is -0.341. The van der Waals surface area contributed by atoms with Gasteiger partial charge in [0.05, 0.1) is 13.7 Å². The van der Waals surface area contributed by atoms with Crippen LogP contribution < -0.4 is 14.2 Å². The minimum absolute atomic E-state index is 0.280. The molecule has 0 atom stereocenters. The summed E-state index contributed by atoms with van der Waals surface area (Å²) in [5.74, 6) is 2.35. The Morgan fingerprint density at radius 3 is 2.29 bits per heavy atom. The Morgan fingerprint density at radius 1 is 0.868 bits per heavy atom. The summed E-state index contributed by atoms with van der Waals surface area (Å²) in [6.07, 6.45) is 2.80. The van der Waals surface area contributed by atoms with Crippen molar-refractivity contribution in [1.29, 1.82) is 0 Å². The average Bonchev–Trinajstić information content (AvgIpc) is 3.27. The molecule has 0 saturated carbocycles. The number of rotatable bonds is 11. The molecule has 1 heterocycles. The molecule has 0 amide bonds. The normalized spacial score (nSPS) is 13.8. The van der Waals surface area contributed by atoms with Crippen LogP contribution in [0.3, 0.4) is 0 Å². The van der Waals surface area contributed by atoms with Gasteiger partial charge in [0.25, 0.3) is 0 Å². The van der Waals surface area contributed by atoms with E-state index in [1.165, 1.54) is 0 Å². The molecule has 5 heteroatoms. The van der Waals surface area contributed by atoms with Gasteiger partial charge in [0.1, 0.15) is 24.6 Å². The molecular weight excluding hydrogens is 476 g/mol. The van der Waals surface area contributed by atoms with Crippen molar-refractivity contribution in [1.82, 2.24) is 0 Å². The summed E-state index contributed by atoms with van der Waals surface area (Å²) in [7, 11) is 1.69. The fourth-order valence-corrected chi connectivity index (χ4v) is 5.10. The van der Waals surface area contributed by atoms with Crippen LogP contribution >= 0.6 is 0 Å². The van der Waals surface area contributed by atoms with Gasteiger partial charge in [-0.15, -0.1) is 0 Å². The Hall–Kier alpha value is -3.54. The van der Waals surface area contributed by atoms with E-state index in [0.29, 0.717) is 13.2 Å². The van der Waals surface area contributed by atoms with Crippen LogP contribution in [0, 0.1) is 0 Å². The van der Waals surface area contributed by atoms with E-state index >= 15 is 0 Å². The van der Waals surface area contributed by atoms with Gasteiger partial charge in [-0.1, -0.05) is 74.0 Å². The maximum Gasteiger partial charge on any atom is 0.165 e. The van der Waals surface area contributed by atoms with E-state index < -0.39 is 0 Å². The molecule has 0 aromatic heterocycles. The highest BCUT2D eigenvalue weighted by molar-refractivity contribution is 6.06. The van der Waals surface area contributed by atoms with E-state index in [4.69, 9.17) is 24.0 Å². The lowest BCUT2D eigenvalue weighted by molar-refractivity contribution is -0.313. The summed E-state index contributed by atoms with van der Waals surface area (Å²) in [5, 5.41) is 2.14.